The first-order chi connectivity index (χ1) is 31.2. The molecule has 4 amide bonds. The zero-order valence-electron chi connectivity index (χ0n) is 38.2. The second-order valence-electron chi connectivity index (χ2n) is 18.3. The summed E-state index contributed by atoms with van der Waals surface area (Å²) in [7, 11) is 1.69. The number of para-hydroxylation sites is 1. The third kappa shape index (κ3) is 10.3. The molecule has 5 N–H and O–H groups in total. The van der Waals surface area contributed by atoms with Crippen molar-refractivity contribution in [2.45, 2.75) is 128 Å². The fraction of sp³-hybridized carbons (Fsp3) is 0.500. The number of hydrogen-bond acceptors (Lipinski definition) is 10. The molecule has 1 aliphatic carbocycles. The highest BCUT2D eigenvalue weighted by molar-refractivity contribution is 5.94. The summed E-state index contributed by atoms with van der Waals surface area (Å²) in [6.45, 7) is 8.18. The fourth-order valence-corrected chi connectivity index (χ4v) is 9.49. The molecule has 346 valence electrons. The molecule has 2 aromatic carbocycles. The summed E-state index contributed by atoms with van der Waals surface area (Å²) in [5.74, 6) is -1.29. The lowest BCUT2D eigenvalue weighted by Crippen LogP contribution is -2.57. The quantitative estimate of drug-likeness (QED) is 0.107. The average Bonchev–Trinajstić information content (AvgIpc) is 3.90. The highest BCUT2D eigenvalue weighted by Crippen LogP contribution is 2.38. The molecule has 5 heterocycles. The van der Waals surface area contributed by atoms with Gasteiger partial charge in [0.1, 0.15) is 18.7 Å². The Kier molecular flexibility index (Phi) is 14.8. The number of benzene rings is 2. The summed E-state index contributed by atoms with van der Waals surface area (Å²) in [5.41, 5.74) is 2.93. The van der Waals surface area contributed by atoms with Crippen molar-refractivity contribution in [1.82, 2.24) is 35.7 Å². The number of likely N-dealkylation sites (tertiary alicyclic amines) is 1. The maximum absolute atomic E-state index is 13.8. The number of aliphatic hydroxyl groups is 1. The normalized spacial score (nSPS) is 21.0. The molecule has 2 aromatic heterocycles. The molecule has 2 fully saturated rings. The summed E-state index contributed by atoms with van der Waals surface area (Å²) in [6.07, 6.45) is 7.40. The van der Waals surface area contributed by atoms with E-state index in [-0.39, 0.29) is 60.7 Å². The summed E-state index contributed by atoms with van der Waals surface area (Å²) >= 11 is 0. The van der Waals surface area contributed by atoms with Gasteiger partial charge in [-0.15, -0.1) is 0 Å². The Bertz CT molecular complexity index is 2470. The summed E-state index contributed by atoms with van der Waals surface area (Å²) in [6, 6.07) is 19.2. The van der Waals surface area contributed by atoms with Crippen LogP contribution in [0.25, 0.3) is 22.3 Å². The van der Waals surface area contributed by atoms with Gasteiger partial charge in [0.15, 0.2) is 5.60 Å². The van der Waals surface area contributed by atoms with Crippen LogP contribution >= 0.6 is 0 Å². The number of rotatable bonds is 13. The molecule has 15 nitrogen and oxygen atoms in total. The smallest absolute Gasteiger partial charge is 0.343 e. The van der Waals surface area contributed by atoms with Crippen LogP contribution in [0.2, 0.25) is 0 Å². The minimum atomic E-state index is -1.79. The Morgan fingerprint density at radius 3 is 2.40 bits per heavy atom. The number of cyclic esters (lactones) is 1. The number of likely N-dealkylation sites (N-methyl/N-ethyl adjacent to an activating group) is 1. The van der Waals surface area contributed by atoms with Crippen molar-refractivity contribution in [3.05, 3.63) is 99.3 Å². The molecule has 15 heteroatoms. The molecule has 1 unspecified atom stereocenters. The summed E-state index contributed by atoms with van der Waals surface area (Å²) < 4.78 is 6.72. The minimum absolute atomic E-state index is 0.0130. The number of pyridine rings is 2. The summed E-state index contributed by atoms with van der Waals surface area (Å²) in [4.78, 5) is 84.1. The van der Waals surface area contributed by atoms with E-state index in [9.17, 15) is 33.9 Å². The highest BCUT2D eigenvalue weighted by Gasteiger charge is 2.46. The molecule has 8 rings (SSSR count). The Balaban J connectivity index is 0.000000208. The van der Waals surface area contributed by atoms with Crippen molar-refractivity contribution in [3.8, 4) is 11.4 Å². The predicted molar refractivity (Wildman–Crippen MR) is 246 cm³/mol. The largest absolute Gasteiger partial charge is 0.458 e. The lowest BCUT2D eigenvalue weighted by Gasteiger charge is -2.31. The van der Waals surface area contributed by atoms with Gasteiger partial charge in [0.25, 0.3) is 5.56 Å². The topological polar surface area (TPSA) is 201 Å². The molecular formula is C50H63N7O8. The van der Waals surface area contributed by atoms with Gasteiger partial charge in [0.05, 0.1) is 35.1 Å². The first-order valence-electron chi connectivity index (χ1n) is 23.2. The molecule has 1 saturated carbocycles. The molecular weight excluding hydrogens is 827 g/mol. The van der Waals surface area contributed by atoms with Crippen LogP contribution in [0.1, 0.15) is 101 Å². The number of aromatic nitrogens is 2. The highest BCUT2D eigenvalue weighted by atomic mass is 16.6. The number of carbonyl (C=O) groups is 5. The van der Waals surface area contributed by atoms with Crippen LogP contribution in [0.3, 0.4) is 0 Å². The lowest BCUT2D eigenvalue weighted by molar-refractivity contribution is -0.172. The SMILES string of the molecule is CC[C@@]1(O)C(=O)OCc2c1cc1n(c2=O)Cc2cc3ccccc3nc2-1.CN[C@@H](C)C(=O)N[C@H](C(=O)N1C[C@@H](NC(=O)CC2CCCCC2)CC1C(=O)NCCc1ccccc1)C(C)C. The van der Waals surface area contributed by atoms with Crippen LogP contribution < -0.4 is 26.8 Å². The molecule has 65 heavy (non-hydrogen) atoms. The zero-order chi connectivity index (χ0) is 46.4. The van der Waals surface area contributed by atoms with E-state index in [0.717, 1.165) is 40.6 Å². The number of carbonyl (C=O) groups excluding carboxylic acids is 5. The van der Waals surface area contributed by atoms with E-state index in [1.807, 2.05) is 74.5 Å². The Labute approximate surface area is 380 Å². The van der Waals surface area contributed by atoms with E-state index >= 15 is 0 Å². The van der Waals surface area contributed by atoms with Crippen molar-refractivity contribution < 1.29 is 33.8 Å². The van der Waals surface area contributed by atoms with Gasteiger partial charge in [0, 0.05) is 42.1 Å². The number of esters is 1. The van der Waals surface area contributed by atoms with E-state index in [1.165, 1.54) is 19.3 Å². The van der Waals surface area contributed by atoms with E-state index in [4.69, 9.17) is 9.72 Å². The number of hydrogen-bond donors (Lipinski definition) is 5. The molecule has 0 radical (unpaired) electrons. The standard InChI is InChI=1S/C30H47N5O4.C20H16N2O4/c1-20(2)27(34-28(37)21(3)31-4)30(39)35-19-24(33-26(36)17-23-13-9-6-10-14-23)18-25(35)29(38)32-16-15-22-11-7-5-8-12-22;1-2-20(25)14-8-16-17-12(7-11-5-3-4-6-15(11)21-17)9-22(16)18(23)13(14)10-26-19(20)24/h5,7-8,11-12,20-21,23-25,27,31H,6,9-10,13-19H2,1-4H3,(H,32,38)(H,33,36)(H,34,37);3-8,25H,2,9-10H2,1H3/t21-,24-,25?,27-;20-/m00/s1. The third-order valence-corrected chi connectivity index (χ3v) is 13.5. The fourth-order valence-electron chi connectivity index (χ4n) is 9.49. The van der Waals surface area contributed by atoms with Crippen LogP contribution in [-0.4, -0.2) is 93.5 Å². The second-order valence-corrected chi connectivity index (χ2v) is 18.3. The van der Waals surface area contributed by atoms with Crippen molar-refractivity contribution in [2.75, 3.05) is 20.1 Å². The second kappa shape index (κ2) is 20.5. The van der Waals surface area contributed by atoms with Crippen LogP contribution in [0.5, 0.6) is 0 Å². The molecule has 1 saturated heterocycles. The van der Waals surface area contributed by atoms with Crippen LogP contribution in [0, 0.1) is 11.8 Å². The molecule has 0 spiro atoms. The van der Waals surface area contributed by atoms with Gasteiger partial charge in [-0.05, 0) is 81.7 Å². The number of ether oxygens (including phenoxy) is 1. The first-order valence-corrected chi connectivity index (χ1v) is 23.2. The van der Waals surface area contributed by atoms with Crippen molar-refractivity contribution >= 4 is 40.5 Å². The Morgan fingerprint density at radius 2 is 1.69 bits per heavy atom. The van der Waals surface area contributed by atoms with E-state index < -0.39 is 29.7 Å². The number of nitrogens with zero attached hydrogens (tertiary/aromatic N) is 3. The van der Waals surface area contributed by atoms with Gasteiger partial charge in [-0.3, -0.25) is 24.0 Å². The molecule has 5 atom stereocenters. The average molecular weight is 890 g/mol. The van der Waals surface area contributed by atoms with Crippen molar-refractivity contribution in [1.29, 1.82) is 0 Å². The van der Waals surface area contributed by atoms with Gasteiger partial charge in [-0.1, -0.05) is 88.6 Å². The van der Waals surface area contributed by atoms with E-state index in [1.54, 1.807) is 36.4 Å². The number of fused-ring (bicyclic) bond motifs is 5. The lowest BCUT2D eigenvalue weighted by atomic mass is 9.86. The molecule has 3 aliphatic heterocycles. The molecule has 4 aromatic rings. The predicted octanol–water partition coefficient (Wildman–Crippen LogP) is 4.23. The Hall–Kier alpha value is -5.93. The van der Waals surface area contributed by atoms with Crippen molar-refractivity contribution in [2.24, 2.45) is 11.8 Å². The van der Waals surface area contributed by atoms with Gasteiger partial charge >= 0.3 is 5.97 Å². The molecule has 0 bridgehead atoms. The zero-order valence-corrected chi connectivity index (χ0v) is 38.2. The maximum atomic E-state index is 13.8. The van der Waals surface area contributed by atoms with E-state index in [0.29, 0.717) is 55.1 Å². The number of nitrogens with one attached hydrogen (secondary N) is 4. The Morgan fingerprint density at radius 1 is 0.969 bits per heavy atom. The minimum Gasteiger partial charge on any atom is -0.458 e. The van der Waals surface area contributed by atoms with Crippen molar-refractivity contribution in [3.63, 3.8) is 0 Å². The van der Waals surface area contributed by atoms with Gasteiger partial charge in [-0.25, -0.2) is 9.78 Å². The van der Waals surface area contributed by atoms with Crippen LogP contribution in [0.15, 0.2) is 71.5 Å². The van der Waals surface area contributed by atoms with Gasteiger partial charge < -0.3 is 40.6 Å². The monoisotopic (exact) mass is 889 g/mol. The first kappa shape index (κ1) is 47.0. The summed E-state index contributed by atoms with van der Waals surface area (Å²) in [5, 5.41) is 23.7. The molecule has 4 aliphatic rings. The third-order valence-electron chi connectivity index (χ3n) is 13.5. The number of amides is 4. The van der Waals surface area contributed by atoms with Gasteiger partial charge in [-0.2, -0.15) is 0 Å². The maximum Gasteiger partial charge on any atom is 0.343 e. The van der Waals surface area contributed by atoms with E-state index in [2.05, 4.69) is 21.3 Å². The van der Waals surface area contributed by atoms with Crippen LogP contribution in [0.4, 0.5) is 0 Å². The van der Waals surface area contributed by atoms with Gasteiger partial charge in [0.2, 0.25) is 23.6 Å². The van der Waals surface area contributed by atoms with Crippen LogP contribution in [-0.2, 0) is 53.9 Å².